The molecule has 3 aromatic carbocycles. The fourth-order valence-corrected chi connectivity index (χ4v) is 4.66. The van der Waals surface area contributed by atoms with Crippen LogP contribution in [0.1, 0.15) is 17.5 Å². The molecule has 163 valence electrons. The van der Waals surface area contributed by atoms with Crippen molar-refractivity contribution in [1.29, 1.82) is 0 Å². The van der Waals surface area contributed by atoms with Crippen molar-refractivity contribution >= 4 is 27.4 Å². The Morgan fingerprint density at radius 2 is 1.53 bits per heavy atom. The number of hydrogen-bond donors (Lipinski definition) is 0. The monoisotopic (exact) mass is 475 g/mol. The van der Waals surface area contributed by atoms with Crippen molar-refractivity contribution in [1.82, 2.24) is 9.55 Å². The van der Waals surface area contributed by atoms with Crippen molar-refractivity contribution in [2.45, 2.75) is 13.3 Å². The third kappa shape index (κ3) is 3.96. The van der Waals surface area contributed by atoms with Crippen LogP contribution in [0.4, 0.5) is 0 Å². The number of hydrogen-bond acceptors (Lipinski definition) is 1. The number of para-hydroxylation sites is 1. The minimum Gasteiger partial charge on any atom is -0.294 e. The van der Waals surface area contributed by atoms with Crippen LogP contribution in [0.25, 0.3) is 44.5 Å². The van der Waals surface area contributed by atoms with Crippen molar-refractivity contribution in [2.75, 3.05) is 0 Å². The molecule has 34 heavy (non-hydrogen) atoms. The number of rotatable bonds is 3. The van der Waals surface area contributed by atoms with Gasteiger partial charge >= 0.3 is 0 Å². The van der Waals surface area contributed by atoms with Crippen molar-refractivity contribution in [3.63, 3.8) is 0 Å². The van der Waals surface area contributed by atoms with Crippen LogP contribution in [-0.2, 0) is 18.6 Å². The molecule has 6 rings (SSSR count). The number of benzene rings is 3. The molecule has 0 unspecified atom stereocenters. The Bertz CT molecular complexity index is 1590. The number of fused-ring (bicyclic) bond motifs is 3. The van der Waals surface area contributed by atoms with Crippen molar-refractivity contribution in [2.24, 2.45) is 0 Å². The van der Waals surface area contributed by atoms with Crippen LogP contribution in [0.3, 0.4) is 0 Å². The quantitative estimate of drug-likeness (QED) is 0.258. The summed E-state index contributed by atoms with van der Waals surface area (Å²) in [7, 11) is 0. The molecule has 1 aliphatic rings. The molecule has 0 fully saturated rings. The second-order valence-electron chi connectivity index (χ2n) is 8.53. The molecular formula is C31H24N2V. The average Bonchev–Trinajstić information content (AvgIpc) is 3.00. The normalized spacial score (nSPS) is 13.0. The Labute approximate surface area is 211 Å². The number of nitrogens with zero attached hydrogens (tertiary/aromatic N) is 2. The Morgan fingerprint density at radius 3 is 2.41 bits per heavy atom. The van der Waals surface area contributed by atoms with E-state index in [9.17, 15) is 0 Å². The third-order valence-electron chi connectivity index (χ3n) is 6.25. The van der Waals surface area contributed by atoms with Gasteiger partial charge in [-0.1, -0.05) is 90.5 Å². The first-order valence-corrected chi connectivity index (χ1v) is 11.4. The van der Waals surface area contributed by atoms with E-state index in [4.69, 9.17) is 4.98 Å². The van der Waals surface area contributed by atoms with Gasteiger partial charge in [-0.05, 0) is 54.8 Å². The van der Waals surface area contributed by atoms with Crippen molar-refractivity contribution in [3.8, 4) is 17.1 Å². The summed E-state index contributed by atoms with van der Waals surface area (Å²) in [5, 5.41) is 2.51. The summed E-state index contributed by atoms with van der Waals surface area (Å²) in [5.41, 5.74) is 8.07. The predicted molar refractivity (Wildman–Crippen MR) is 140 cm³/mol. The van der Waals surface area contributed by atoms with E-state index in [1.54, 1.807) is 0 Å². The molecule has 0 atom stereocenters. The molecule has 3 heteroatoms. The second-order valence-corrected chi connectivity index (χ2v) is 8.53. The summed E-state index contributed by atoms with van der Waals surface area (Å²) in [4.78, 5) is 5.18. The molecule has 0 spiro atoms. The molecule has 0 saturated heterocycles. The van der Waals surface area contributed by atoms with E-state index < -0.39 is 0 Å². The smallest absolute Gasteiger partial charge is 0.138 e. The molecule has 2 heterocycles. The molecule has 2 aromatic heterocycles. The van der Waals surface area contributed by atoms with Crippen LogP contribution in [-0.4, -0.2) is 9.55 Å². The Kier molecular flexibility index (Phi) is 6.11. The van der Waals surface area contributed by atoms with Gasteiger partial charge in [-0.15, -0.1) is 0 Å². The molecule has 0 N–H and O–H groups in total. The van der Waals surface area contributed by atoms with Crippen LogP contribution in [0.2, 0.25) is 0 Å². The number of allylic oxidation sites excluding steroid dienone is 6. The van der Waals surface area contributed by atoms with Crippen molar-refractivity contribution < 1.29 is 18.6 Å². The molecule has 2 nitrogen and oxygen atoms in total. The fourth-order valence-electron chi connectivity index (χ4n) is 4.66. The molecule has 1 radical (unpaired) electrons. The summed E-state index contributed by atoms with van der Waals surface area (Å²) >= 11 is 0. The molecule has 5 aromatic rings. The summed E-state index contributed by atoms with van der Waals surface area (Å²) in [6.45, 7) is 2.15. The Hall–Kier alpha value is -3.59. The van der Waals surface area contributed by atoms with Gasteiger partial charge in [0.05, 0.1) is 16.7 Å². The zero-order valence-corrected chi connectivity index (χ0v) is 20.4. The first-order chi connectivity index (χ1) is 16.3. The van der Waals surface area contributed by atoms with E-state index in [-0.39, 0.29) is 18.6 Å². The Morgan fingerprint density at radius 1 is 0.735 bits per heavy atom. The van der Waals surface area contributed by atoms with Gasteiger partial charge in [-0.3, -0.25) is 4.57 Å². The van der Waals surface area contributed by atoms with E-state index in [1.165, 1.54) is 38.5 Å². The van der Waals surface area contributed by atoms with Crippen LogP contribution in [0.5, 0.6) is 0 Å². The average molecular weight is 475 g/mol. The number of aryl methyl sites for hydroxylation is 1. The van der Waals surface area contributed by atoms with Gasteiger partial charge in [0.25, 0.3) is 0 Å². The van der Waals surface area contributed by atoms with E-state index >= 15 is 0 Å². The molecule has 0 saturated carbocycles. The molecule has 0 amide bonds. The van der Waals surface area contributed by atoms with Gasteiger partial charge in [0, 0.05) is 34.9 Å². The van der Waals surface area contributed by atoms with Gasteiger partial charge < -0.3 is 0 Å². The Balaban J connectivity index is 0.00000241. The van der Waals surface area contributed by atoms with Gasteiger partial charge in [0.15, 0.2) is 0 Å². The van der Waals surface area contributed by atoms with Gasteiger partial charge in [-0.2, -0.15) is 0 Å². The van der Waals surface area contributed by atoms with Crippen LogP contribution in [0.15, 0.2) is 115 Å². The third-order valence-corrected chi connectivity index (χ3v) is 6.25. The van der Waals surface area contributed by atoms with Gasteiger partial charge in [0.2, 0.25) is 0 Å². The summed E-state index contributed by atoms with van der Waals surface area (Å²) in [5.74, 6) is 0.934. The van der Waals surface area contributed by atoms with Gasteiger partial charge in [0.1, 0.15) is 5.82 Å². The maximum Gasteiger partial charge on any atom is 0.138 e. The number of pyridine rings is 1. The topological polar surface area (TPSA) is 17.8 Å². The van der Waals surface area contributed by atoms with E-state index in [0.29, 0.717) is 0 Å². The molecule has 0 aliphatic heterocycles. The van der Waals surface area contributed by atoms with Crippen LogP contribution in [0, 0.1) is 6.92 Å². The summed E-state index contributed by atoms with van der Waals surface area (Å²) in [6, 6.07) is 30.1. The predicted octanol–water partition coefficient (Wildman–Crippen LogP) is 8.05. The SMILES string of the molecule is Cc1ccc2c(c1)c1ccccc1n2-c1cc(C2=CC=CCC=C2)cc(-c2ccccc2)n1.[V]. The second kappa shape index (κ2) is 9.34. The van der Waals surface area contributed by atoms with Crippen molar-refractivity contribution in [3.05, 3.63) is 126 Å². The minimum atomic E-state index is 0. The zero-order chi connectivity index (χ0) is 22.2. The molecule has 0 bridgehead atoms. The molecule has 1 aliphatic carbocycles. The number of aromatic nitrogens is 2. The summed E-state index contributed by atoms with van der Waals surface area (Å²) in [6.07, 6.45) is 11.9. The minimum absolute atomic E-state index is 0. The standard InChI is InChI=1S/C31H24N2.V/c1-22-17-18-30-27(19-22)26-15-9-10-16-29(26)33(30)31-21-25(23-11-5-2-3-6-12-23)20-28(32-31)24-13-7-4-8-14-24;/h2,4-21H,3H2,1H3;. The zero-order valence-electron chi connectivity index (χ0n) is 19.0. The van der Waals surface area contributed by atoms with Crippen LogP contribution >= 0.6 is 0 Å². The van der Waals surface area contributed by atoms with E-state index in [2.05, 4.69) is 121 Å². The maximum atomic E-state index is 5.18. The van der Waals surface area contributed by atoms with E-state index in [0.717, 1.165) is 23.5 Å². The first kappa shape index (κ1) is 22.2. The maximum absolute atomic E-state index is 5.18. The largest absolute Gasteiger partial charge is 0.294 e. The first-order valence-electron chi connectivity index (χ1n) is 11.4. The van der Waals surface area contributed by atoms with E-state index in [1.807, 2.05) is 6.07 Å². The summed E-state index contributed by atoms with van der Waals surface area (Å²) < 4.78 is 2.30. The molecular weight excluding hydrogens is 451 g/mol. The van der Waals surface area contributed by atoms with Gasteiger partial charge in [-0.25, -0.2) is 4.98 Å². The van der Waals surface area contributed by atoms with Crippen LogP contribution < -0.4 is 0 Å². The fraction of sp³-hybridized carbons (Fsp3) is 0.0645.